The van der Waals surface area contributed by atoms with Gasteiger partial charge in [-0.1, -0.05) is 23.1 Å². The van der Waals surface area contributed by atoms with Gasteiger partial charge in [0.2, 0.25) is 5.91 Å². The zero-order chi connectivity index (χ0) is 13.8. The average molecular weight is 294 g/mol. The number of hydrogen-bond donors (Lipinski definition) is 1. The number of pyridine rings is 1. The minimum absolute atomic E-state index is 0.0871. The highest BCUT2D eigenvalue weighted by atomic mass is 32.2. The molecule has 100 valence electrons. The number of hydrogen-bond acceptors (Lipinski definition) is 6. The van der Waals surface area contributed by atoms with Gasteiger partial charge in [0.15, 0.2) is 4.34 Å². The molecule has 2 heterocycles. The Bertz CT molecular complexity index is 585. The van der Waals surface area contributed by atoms with Crippen molar-refractivity contribution in [3.8, 4) is 0 Å². The summed E-state index contributed by atoms with van der Waals surface area (Å²) in [4.78, 5) is 16.1. The molecule has 1 amide bonds. The van der Waals surface area contributed by atoms with Gasteiger partial charge in [-0.2, -0.15) is 0 Å². The highest BCUT2D eigenvalue weighted by Gasteiger charge is 2.17. The molecule has 0 aliphatic rings. The third-order valence-electron chi connectivity index (χ3n) is 2.32. The standard InChI is InChI=1S/C12H14N4OS2/c1-7-4-5-13-10(6-7)14-11(17)8(2)18-12-16-15-9(3)19-12/h4-6,8H,1-3H3,(H,13,14,17). The minimum atomic E-state index is -0.241. The SMILES string of the molecule is Cc1ccnc(NC(=O)C(C)Sc2nnc(C)s2)c1. The third-order valence-corrected chi connectivity index (χ3v) is 4.34. The Morgan fingerprint density at radius 2 is 2.21 bits per heavy atom. The second-order valence-electron chi connectivity index (χ2n) is 4.05. The van der Waals surface area contributed by atoms with Crippen molar-refractivity contribution in [3.05, 3.63) is 28.9 Å². The predicted octanol–water partition coefficient (Wildman–Crippen LogP) is 2.67. The van der Waals surface area contributed by atoms with Gasteiger partial charge in [-0.15, -0.1) is 10.2 Å². The largest absolute Gasteiger partial charge is 0.310 e. The van der Waals surface area contributed by atoms with Crippen LogP contribution in [0.25, 0.3) is 0 Å². The van der Waals surface area contributed by atoms with Crippen LogP contribution in [0.1, 0.15) is 17.5 Å². The summed E-state index contributed by atoms with van der Waals surface area (Å²) in [5, 5.41) is 11.4. The molecule has 2 rings (SSSR count). The van der Waals surface area contributed by atoms with Gasteiger partial charge < -0.3 is 5.32 Å². The van der Waals surface area contributed by atoms with Crippen LogP contribution in [-0.4, -0.2) is 26.3 Å². The van der Waals surface area contributed by atoms with Crippen LogP contribution in [0.3, 0.4) is 0 Å². The summed E-state index contributed by atoms with van der Waals surface area (Å²) in [6.45, 7) is 5.69. The molecule has 5 nitrogen and oxygen atoms in total. The van der Waals surface area contributed by atoms with E-state index in [2.05, 4.69) is 20.5 Å². The molecule has 0 saturated carbocycles. The lowest BCUT2D eigenvalue weighted by Crippen LogP contribution is -2.22. The Labute approximate surface area is 119 Å². The molecule has 0 aromatic carbocycles. The van der Waals surface area contributed by atoms with Crippen molar-refractivity contribution in [2.24, 2.45) is 0 Å². The lowest BCUT2D eigenvalue weighted by molar-refractivity contribution is -0.115. The van der Waals surface area contributed by atoms with Gasteiger partial charge in [-0.05, 0) is 38.5 Å². The van der Waals surface area contributed by atoms with Crippen LogP contribution in [0.5, 0.6) is 0 Å². The van der Waals surface area contributed by atoms with E-state index in [0.29, 0.717) is 5.82 Å². The number of carbonyl (C=O) groups excluding carboxylic acids is 1. The lowest BCUT2D eigenvalue weighted by Gasteiger charge is -2.09. The van der Waals surface area contributed by atoms with Gasteiger partial charge in [-0.3, -0.25) is 4.79 Å². The first-order valence-electron chi connectivity index (χ1n) is 5.75. The molecule has 0 bridgehead atoms. The number of aryl methyl sites for hydroxylation is 2. The Morgan fingerprint density at radius 3 is 2.84 bits per heavy atom. The topological polar surface area (TPSA) is 67.8 Å². The number of carbonyl (C=O) groups is 1. The molecule has 0 fully saturated rings. The summed E-state index contributed by atoms with van der Waals surface area (Å²) < 4.78 is 0.803. The number of thioether (sulfide) groups is 1. The van der Waals surface area contributed by atoms with E-state index in [9.17, 15) is 4.79 Å². The van der Waals surface area contributed by atoms with Crippen molar-refractivity contribution >= 4 is 34.8 Å². The number of rotatable bonds is 4. The van der Waals surface area contributed by atoms with Gasteiger partial charge in [0.1, 0.15) is 10.8 Å². The van der Waals surface area contributed by atoms with Crippen molar-refractivity contribution in [1.82, 2.24) is 15.2 Å². The van der Waals surface area contributed by atoms with E-state index in [0.717, 1.165) is 14.9 Å². The van der Waals surface area contributed by atoms with Gasteiger partial charge in [0.25, 0.3) is 0 Å². The Balaban J connectivity index is 1.96. The maximum Gasteiger partial charge on any atom is 0.238 e. The normalized spacial score (nSPS) is 12.2. The summed E-state index contributed by atoms with van der Waals surface area (Å²) in [6, 6.07) is 3.72. The van der Waals surface area contributed by atoms with E-state index in [1.165, 1.54) is 23.1 Å². The second-order valence-corrected chi connectivity index (χ2v) is 6.82. The van der Waals surface area contributed by atoms with Gasteiger partial charge >= 0.3 is 0 Å². The molecule has 0 spiro atoms. The maximum absolute atomic E-state index is 12.0. The van der Waals surface area contributed by atoms with Crippen molar-refractivity contribution in [1.29, 1.82) is 0 Å². The van der Waals surface area contributed by atoms with E-state index in [-0.39, 0.29) is 11.2 Å². The molecule has 0 radical (unpaired) electrons. The molecular formula is C12H14N4OS2. The molecule has 0 aliphatic heterocycles. The molecule has 1 unspecified atom stereocenters. The summed E-state index contributed by atoms with van der Waals surface area (Å²) in [5.41, 5.74) is 1.06. The van der Waals surface area contributed by atoms with E-state index < -0.39 is 0 Å². The zero-order valence-electron chi connectivity index (χ0n) is 10.9. The number of aromatic nitrogens is 3. The fourth-order valence-electron chi connectivity index (χ4n) is 1.36. The highest BCUT2D eigenvalue weighted by molar-refractivity contribution is 8.02. The quantitative estimate of drug-likeness (QED) is 0.878. The predicted molar refractivity (Wildman–Crippen MR) is 77.6 cm³/mol. The Morgan fingerprint density at radius 1 is 1.42 bits per heavy atom. The van der Waals surface area contributed by atoms with E-state index in [1.807, 2.05) is 32.9 Å². The fourth-order valence-corrected chi connectivity index (χ4v) is 3.32. The molecule has 0 aliphatic carbocycles. The Kier molecular flexibility index (Phi) is 4.49. The fraction of sp³-hybridized carbons (Fsp3) is 0.333. The van der Waals surface area contributed by atoms with Crippen LogP contribution >= 0.6 is 23.1 Å². The molecule has 0 saturated heterocycles. The summed E-state index contributed by atoms with van der Waals surface area (Å²) in [7, 11) is 0. The second kappa shape index (κ2) is 6.12. The number of nitrogens with zero attached hydrogens (tertiary/aromatic N) is 3. The third kappa shape index (κ3) is 4.00. The molecule has 7 heteroatoms. The van der Waals surface area contributed by atoms with Gasteiger partial charge in [0, 0.05) is 6.20 Å². The van der Waals surface area contributed by atoms with Crippen molar-refractivity contribution in [2.75, 3.05) is 5.32 Å². The molecule has 19 heavy (non-hydrogen) atoms. The molecule has 1 N–H and O–H groups in total. The Hall–Kier alpha value is -1.47. The van der Waals surface area contributed by atoms with Crippen LogP contribution in [0.15, 0.2) is 22.7 Å². The van der Waals surface area contributed by atoms with Crippen molar-refractivity contribution < 1.29 is 4.79 Å². The van der Waals surface area contributed by atoms with Gasteiger partial charge in [-0.25, -0.2) is 4.98 Å². The van der Waals surface area contributed by atoms with Crippen LogP contribution in [0.2, 0.25) is 0 Å². The monoisotopic (exact) mass is 294 g/mol. The van der Waals surface area contributed by atoms with Crippen LogP contribution in [0.4, 0.5) is 5.82 Å². The molecule has 2 aromatic heterocycles. The molecule has 2 aromatic rings. The summed E-state index contributed by atoms with van der Waals surface area (Å²) in [5.74, 6) is 0.488. The van der Waals surface area contributed by atoms with Crippen LogP contribution in [-0.2, 0) is 4.79 Å². The molecule has 1 atom stereocenters. The number of nitrogens with one attached hydrogen (secondary N) is 1. The lowest BCUT2D eigenvalue weighted by atomic mass is 10.3. The summed E-state index contributed by atoms with van der Waals surface area (Å²) >= 11 is 2.89. The smallest absolute Gasteiger partial charge is 0.238 e. The van der Waals surface area contributed by atoms with Gasteiger partial charge in [0.05, 0.1) is 5.25 Å². The first kappa shape index (κ1) is 14.0. The van der Waals surface area contributed by atoms with E-state index >= 15 is 0 Å². The van der Waals surface area contributed by atoms with Crippen molar-refractivity contribution in [3.63, 3.8) is 0 Å². The molecular weight excluding hydrogens is 280 g/mol. The van der Waals surface area contributed by atoms with Crippen molar-refractivity contribution in [2.45, 2.75) is 30.4 Å². The van der Waals surface area contributed by atoms with E-state index in [1.54, 1.807) is 6.20 Å². The number of anilines is 1. The first-order chi connectivity index (χ1) is 9.04. The summed E-state index contributed by atoms with van der Waals surface area (Å²) in [6.07, 6.45) is 1.68. The number of amides is 1. The maximum atomic E-state index is 12.0. The highest BCUT2D eigenvalue weighted by Crippen LogP contribution is 2.26. The van der Waals surface area contributed by atoms with Crippen LogP contribution in [0, 0.1) is 13.8 Å². The average Bonchev–Trinajstić information content (AvgIpc) is 2.74. The first-order valence-corrected chi connectivity index (χ1v) is 7.44. The minimum Gasteiger partial charge on any atom is -0.310 e. The van der Waals surface area contributed by atoms with E-state index in [4.69, 9.17) is 0 Å². The zero-order valence-corrected chi connectivity index (χ0v) is 12.5. The van der Waals surface area contributed by atoms with Crippen LogP contribution < -0.4 is 5.32 Å².